The normalized spacial score (nSPS) is 23.4. The maximum absolute atomic E-state index is 12.2. The van der Waals surface area contributed by atoms with Gasteiger partial charge in [-0.05, 0) is 13.3 Å². The second kappa shape index (κ2) is 4.52. The van der Waals surface area contributed by atoms with Crippen molar-refractivity contribution in [1.82, 2.24) is 19.8 Å². The van der Waals surface area contributed by atoms with Gasteiger partial charge in [0.1, 0.15) is 16.2 Å². The number of carbonyl (C=O) groups is 2. The first-order valence-electron chi connectivity index (χ1n) is 5.65. The van der Waals surface area contributed by atoms with Gasteiger partial charge in [-0.25, -0.2) is 4.79 Å². The summed E-state index contributed by atoms with van der Waals surface area (Å²) in [5, 5.41) is 10.3. The van der Waals surface area contributed by atoms with Gasteiger partial charge in [0.2, 0.25) is 0 Å². The molecule has 98 valence electrons. The van der Waals surface area contributed by atoms with Gasteiger partial charge in [-0.2, -0.15) is 0 Å². The number of anilines is 1. The smallest absolute Gasteiger partial charge is 0.325 e. The summed E-state index contributed by atoms with van der Waals surface area (Å²) >= 11 is 1.20. The van der Waals surface area contributed by atoms with Gasteiger partial charge in [0.15, 0.2) is 0 Å². The van der Waals surface area contributed by atoms with E-state index >= 15 is 0 Å². The lowest BCUT2D eigenvalue weighted by Crippen LogP contribution is -2.43. The minimum Gasteiger partial charge on any atom is -0.377 e. The van der Waals surface area contributed by atoms with Crippen molar-refractivity contribution in [1.29, 1.82) is 0 Å². The van der Waals surface area contributed by atoms with Gasteiger partial charge in [-0.1, -0.05) is 11.4 Å². The summed E-state index contributed by atoms with van der Waals surface area (Å²) in [5.41, 5.74) is -0.202. The van der Waals surface area contributed by atoms with Crippen LogP contribution in [-0.4, -0.2) is 39.0 Å². The number of aromatic nitrogens is 2. The van der Waals surface area contributed by atoms with Crippen molar-refractivity contribution >= 4 is 28.5 Å². The van der Waals surface area contributed by atoms with Crippen LogP contribution >= 0.6 is 11.5 Å². The van der Waals surface area contributed by atoms with E-state index in [1.54, 1.807) is 14.0 Å². The molecule has 0 radical (unpaired) electrons. The van der Waals surface area contributed by atoms with Crippen LogP contribution in [0.5, 0.6) is 0 Å². The Morgan fingerprint density at radius 3 is 2.78 bits per heavy atom. The fourth-order valence-electron chi connectivity index (χ4n) is 1.78. The van der Waals surface area contributed by atoms with Crippen molar-refractivity contribution in [2.75, 3.05) is 12.4 Å². The number of hydrogen-bond acceptors (Lipinski definition) is 6. The minimum absolute atomic E-state index is 0.146. The van der Waals surface area contributed by atoms with Crippen LogP contribution in [0.15, 0.2) is 0 Å². The van der Waals surface area contributed by atoms with Crippen LogP contribution in [-0.2, 0) is 11.3 Å². The van der Waals surface area contributed by atoms with E-state index in [1.165, 1.54) is 16.4 Å². The Hall–Kier alpha value is -1.70. The zero-order chi connectivity index (χ0) is 13.3. The van der Waals surface area contributed by atoms with Crippen LogP contribution in [0, 0.1) is 0 Å². The van der Waals surface area contributed by atoms with E-state index in [4.69, 9.17) is 0 Å². The highest BCUT2D eigenvalue weighted by Gasteiger charge is 2.46. The first kappa shape index (κ1) is 12.7. The Labute approximate surface area is 109 Å². The average Bonchev–Trinajstić information content (AvgIpc) is 2.88. The Morgan fingerprint density at radius 2 is 2.22 bits per heavy atom. The molecule has 8 heteroatoms. The van der Waals surface area contributed by atoms with E-state index < -0.39 is 5.54 Å². The molecule has 1 atom stereocenters. The summed E-state index contributed by atoms with van der Waals surface area (Å²) in [6.07, 6.45) is 0.558. The number of nitrogens with one attached hydrogen (secondary N) is 2. The summed E-state index contributed by atoms with van der Waals surface area (Å²) < 4.78 is 3.80. The molecule has 2 rings (SSSR count). The van der Waals surface area contributed by atoms with Gasteiger partial charge in [-0.15, -0.1) is 5.10 Å². The van der Waals surface area contributed by atoms with E-state index in [0.717, 1.165) is 5.00 Å². The number of rotatable bonds is 4. The molecule has 0 spiro atoms. The molecule has 1 aliphatic rings. The quantitative estimate of drug-likeness (QED) is 0.789. The highest BCUT2D eigenvalue weighted by Crippen LogP contribution is 2.25. The van der Waals surface area contributed by atoms with Crippen LogP contribution in [0.1, 0.15) is 26.0 Å². The first-order valence-corrected chi connectivity index (χ1v) is 6.42. The van der Waals surface area contributed by atoms with Crippen molar-refractivity contribution in [3.8, 4) is 0 Å². The van der Waals surface area contributed by atoms with E-state index in [2.05, 4.69) is 20.2 Å². The standard InChI is InChI=1S/C10H15N5O2S/c1-4-10(2)8(16)15(9(17)12-10)5-6-7(11-3)18-14-13-6/h11H,4-5H2,1-3H3,(H,12,17). The van der Waals surface area contributed by atoms with Gasteiger partial charge < -0.3 is 10.6 Å². The molecule has 2 N–H and O–H groups in total. The maximum atomic E-state index is 12.2. The third-order valence-electron chi connectivity index (χ3n) is 3.14. The molecule has 1 unspecified atom stereocenters. The maximum Gasteiger partial charge on any atom is 0.325 e. The first-order chi connectivity index (χ1) is 8.51. The van der Waals surface area contributed by atoms with Crippen molar-refractivity contribution in [3.63, 3.8) is 0 Å². The van der Waals surface area contributed by atoms with E-state index in [1.807, 2.05) is 6.92 Å². The molecular weight excluding hydrogens is 254 g/mol. The van der Waals surface area contributed by atoms with E-state index in [0.29, 0.717) is 12.1 Å². The molecule has 0 aromatic carbocycles. The molecule has 1 aromatic rings. The summed E-state index contributed by atoms with van der Waals surface area (Å²) in [7, 11) is 1.75. The fraction of sp³-hybridized carbons (Fsp3) is 0.600. The second-order valence-corrected chi connectivity index (χ2v) is 5.06. The molecule has 7 nitrogen and oxygen atoms in total. The van der Waals surface area contributed by atoms with Crippen molar-refractivity contribution < 1.29 is 9.59 Å². The zero-order valence-electron chi connectivity index (χ0n) is 10.5. The van der Waals surface area contributed by atoms with Crippen molar-refractivity contribution in [2.45, 2.75) is 32.4 Å². The zero-order valence-corrected chi connectivity index (χ0v) is 11.3. The van der Waals surface area contributed by atoms with Crippen LogP contribution in [0.4, 0.5) is 9.80 Å². The summed E-state index contributed by atoms with van der Waals surface area (Å²) in [6, 6.07) is -0.376. The second-order valence-electron chi connectivity index (χ2n) is 4.31. The third kappa shape index (κ3) is 1.92. The van der Waals surface area contributed by atoms with E-state index in [9.17, 15) is 9.59 Å². The summed E-state index contributed by atoms with van der Waals surface area (Å²) in [6.45, 7) is 3.74. The number of carbonyl (C=O) groups excluding carboxylic acids is 2. The third-order valence-corrected chi connectivity index (χ3v) is 3.93. The number of amides is 3. The monoisotopic (exact) mass is 269 g/mol. The summed E-state index contributed by atoms with van der Waals surface area (Å²) in [4.78, 5) is 25.2. The van der Waals surface area contributed by atoms with Crippen LogP contribution in [0.25, 0.3) is 0 Å². The summed E-state index contributed by atoms with van der Waals surface area (Å²) in [5.74, 6) is -0.218. The Balaban J connectivity index is 2.20. The topological polar surface area (TPSA) is 87.2 Å². The van der Waals surface area contributed by atoms with Crippen LogP contribution in [0.3, 0.4) is 0 Å². The molecule has 1 aromatic heterocycles. The molecule has 0 bridgehead atoms. The molecule has 0 aliphatic carbocycles. The average molecular weight is 269 g/mol. The van der Waals surface area contributed by atoms with Crippen molar-refractivity contribution in [3.05, 3.63) is 5.69 Å². The lowest BCUT2D eigenvalue weighted by Gasteiger charge is -2.18. The number of urea groups is 1. The van der Waals surface area contributed by atoms with Gasteiger partial charge in [0.05, 0.1) is 6.54 Å². The molecule has 0 saturated carbocycles. The fourth-order valence-corrected chi connectivity index (χ4v) is 2.31. The predicted molar refractivity (Wildman–Crippen MR) is 67.2 cm³/mol. The highest BCUT2D eigenvalue weighted by molar-refractivity contribution is 7.10. The molecule has 3 amide bonds. The van der Waals surface area contributed by atoms with E-state index in [-0.39, 0.29) is 18.5 Å². The van der Waals surface area contributed by atoms with Crippen LogP contribution in [0.2, 0.25) is 0 Å². The molecule has 1 saturated heterocycles. The minimum atomic E-state index is -0.805. The van der Waals surface area contributed by atoms with Gasteiger partial charge in [0, 0.05) is 18.6 Å². The Kier molecular flexibility index (Phi) is 3.20. The SMILES string of the molecule is CCC1(C)NC(=O)N(Cc2nnsc2NC)C1=O. The molecule has 2 heterocycles. The van der Waals surface area contributed by atoms with Crippen LogP contribution < -0.4 is 10.6 Å². The molecule has 1 aliphatic heterocycles. The largest absolute Gasteiger partial charge is 0.377 e. The Bertz CT molecular complexity index is 488. The van der Waals surface area contributed by atoms with Crippen molar-refractivity contribution in [2.24, 2.45) is 0 Å². The lowest BCUT2D eigenvalue weighted by atomic mass is 9.99. The lowest BCUT2D eigenvalue weighted by molar-refractivity contribution is -0.131. The Morgan fingerprint density at radius 1 is 1.50 bits per heavy atom. The highest BCUT2D eigenvalue weighted by atomic mass is 32.1. The van der Waals surface area contributed by atoms with Gasteiger partial charge in [-0.3, -0.25) is 9.69 Å². The molecule has 1 fully saturated rings. The van der Waals surface area contributed by atoms with Gasteiger partial charge >= 0.3 is 6.03 Å². The molecule has 18 heavy (non-hydrogen) atoms. The number of hydrogen-bond donors (Lipinski definition) is 2. The molecular formula is C10H15N5O2S. The predicted octanol–water partition coefficient (Wildman–Crippen LogP) is 0.800. The number of imide groups is 1. The van der Waals surface area contributed by atoms with Gasteiger partial charge in [0.25, 0.3) is 5.91 Å². The number of nitrogens with zero attached hydrogens (tertiary/aromatic N) is 3.